The monoisotopic (exact) mass is 361 g/mol. The molecule has 0 aliphatic rings. The molecule has 3 aromatic rings. The van der Waals surface area contributed by atoms with Crippen molar-refractivity contribution in [2.24, 2.45) is 0 Å². The maximum absolute atomic E-state index is 13.6. The highest BCUT2D eigenvalue weighted by Gasteiger charge is 2.19. The first-order valence-corrected chi connectivity index (χ1v) is 7.84. The molecule has 114 valence electrons. The van der Waals surface area contributed by atoms with Gasteiger partial charge in [0, 0.05) is 21.8 Å². The van der Waals surface area contributed by atoms with Crippen molar-refractivity contribution in [1.82, 2.24) is 9.38 Å². The second kappa shape index (κ2) is 5.39. The van der Waals surface area contributed by atoms with Crippen LogP contribution >= 0.6 is 15.9 Å². The lowest BCUT2D eigenvalue weighted by Gasteiger charge is -2.22. The average Bonchev–Trinajstić information content (AvgIpc) is 2.75. The fourth-order valence-corrected chi connectivity index (χ4v) is 2.67. The van der Waals surface area contributed by atoms with Gasteiger partial charge in [-0.1, -0.05) is 12.1 Å². The van der Waals surface area contributed by atoms with E-state index in [4.69, 9.17) is 0 Å². The first-order chi connectivity index (χ1) is 10.3. The van der Waals surface area contributed by atoms with E-state index in [0.29, 0.717) is 0 Å². The lowest BCUT2D eigenvalue weighted by Crippen LogP contribution is -2.27. The largest absolute Gasteiger partial charge is 0.365 e. The molecule has 5 heteroatoms. The topological polar surface area (TPSA) is 29.3 Å². The van der Waals surface area contributed by atoms with E-state index < -0.39 is 0 Å². The van der Waals surface area contributed by atoms with E-state index in [1.165, 1.54) is 12.1 Å². The summed E-state index contributed by atoms with van der Waals surface area (Å²) in [6.45, 7) is 6.25. The van der Waals surface area contributed by atoms with E-state index in [2.05, 4.69) is 47.0 Å². The van der Waals surface area contributed by atoms with Crippen LogP contribution in [-0.4, -0.2) is 14.9 Å². The van der Waals surface area contributed by atoms with Crippen LogP contribution in [0.3, 0.4) is 0 Å². The summed E-state index contributed by atoms with van der Waals surface area (Å²) in [7, 11) is 0. The molecule has 0 saturated heterocycles. The molecule has 0 aliphatic carbocycles. The summed E-state index contributed by atoms with van der Waals surface area (Å²) < 4.78 is 16.5. The molecule has 0 amide bonds. The van der Waals surface area contributed by atoms with Gasteiger partial charge in [-0.15, -0.1) is 0 Å². The third-order valence-electron chi connectivity index (χ3n) is 3.17. The lowest BCUT2D eigenvalue weighted by molar-refractivity contribution is 0.627. The van der Waals surface area contributed by atoms with Gasteiger partial charge in [0.15, 0.2) is 0 Å². The van der Waals surface area contributed by atoms with E-state index in [1.54, 1.807) is 6.07 Å². The number of hydrogen-bond acceptors (Lipinski definition) is 2. The molecule has 0 bridgehead atoms. The molecular formula is C17H17BrFN3. The number of fused-ring (bicyclic) bond motifs is 1. The van der Waals surface area contributed by atoms with Gasteiger partial charge in [-0.25, -0.2) is 9.37 Å². The number of pyridine rings is 1. The first-order valence-electron chi connectivity index (χ1n) is 7.05. The first kappa shape index (κ1) is 15.0. The number of nitrogens with one attached hydrogen (secondary N) is 1. The number of anilines is 1. The molecule has 0 saturated carbocycles. The Morgan fingerprint density at radius 2 is 1.95 bits per heavy atom. The Balaban J connectivity index is 2.26. The molecule has 0 radical (unpaired) electrons. The van der Waals surface area contributed by atoms with Crippen LogP contribution in [0, 0.1) is 5.82 Å². The molecule has 0 spiro atoms. The molecule has 0 unspecified atom stereocenters. The molecule has 3 rings (SSSR count). The highest BCUT2D eigenvalue weighted by molar-refractivity contribution is 9.10. The van der Waals surface area contributed by atoms with E-state index in [9.17, 15) is 4.39 Å². The van der Waals surface area contributed by atoms with Crippen molar-refractivity contribution in [2.45, 2.75) is 26.3 Å². The molecule has 1 aromatic carbocycles. The number of nitrogens with zero attached hydrogens (tertiary/aromatic N) is 2. The van der Waals surface area contributed by atoms with E-state index in [1.807, 2.05) is 28.8 Å². The van der Waals surface area contributed by atoms with Gasteiger partial charge in [0.25, 0.3) is 0 Å². The third kappa shape index (κ3) is 2.99. The van der Waals surface area contributed by atoms with Crippen LogP contribution in [0.2, 0.25) is 0 Å². The minimum Gasteiger partial charge on any atom is -0.365 e. The summed E-state index contributed by atoms with van der Waals surface area (Å²) >= 11 is 3.49. The van der Waals surface area contributed by atoms with Gasteiger partial charge >= 0.3 is 0 Å². The van der Waals surface area contributed by atoms with Gasteiger partial charge in [-0.3, -0.25) is 4.40 Å². The molecular weight excluding hydrogens is 345 g/mol. The fraction of sp³-hybridized carbons (Fsp3) is 0.235. The third-order valence-corrected chi connectivity index (χ3v) is 3.64. The summed E-state index contributed by atoms with van der Waals surface area (Å²) in [6, 6.07) is 10.4. The van der Waals surface area contributed by atoms with Crippen LogP contribution in [0.15, 0.2) is 47.1 Å². The van der Waals surface area contributed by atoms with E-state index in [0.717, 1.165) is 27.2 Å². The molecule has 2 aromatic heterocycles. The second-order valence-electron chi connectivity index (χ2n) is 6.27. The van der Waals surface area contributed by atoms with Crippen LogP contribution in [0.4, 0.5) is 10.2 Å². The summed E-state index contributed by atoms with van der Waals surface area (Å²) in [6.07, 6.45) is 1.96. The molecule has 2 heterocycles. The number of rotatable bonds is 2. The van der Waals surface area contributed by atoms with Crippen LogP contribution in [-0.2, 0) is 0 Å². The number of imidazole rings is 1. The van der Waals surface area contributed by atoms with Crippen molar-refractivity contribution in [3.63, 3.8) is 0 Å². The van der Waals surface area contributed by atoms with Crippen molar-refractivity contribution in [1.29, 1.82) is 0 Å². The standard InChI is InChI=1S/C17H17BrFN3/c1-17(2,3)21-16-15(11-5-4-6-13(19)9-11)20-14-8-7-12(18)10-22(14)16/h4-10,21H,1-3H3. The predicted octanol–water partition coefficient (Wildman–Crippen LogP) is 5.11. The Morgan fingerprint density at radius 3 is 2.64 bits per heavy atom. The Morgan fingerprint density at radius 1 is 1.18 bits per heavy atom. The molecule has 1 N–H and O–H groups in total. The highest BCUT2D eigenvalue weighted by atomic mass is 79.9. The quantitative estimate of drug-likeness (QED) is 0.686. The smallest absolute Gasteiger partial charge is 0.139 e. The highest BCUT2D eigenvalue weighted by Crippen LogP contribution is 2.31. The van der Waals surface area contributed by atoms with Crippen molar-refractivity contribution in [2.75, 3.05) is 5.32 Å². The zero-order valence-electron chi connectivity index (χ0n) is 12.7. The number of halogens is 2. The number of aromatic nitrogens is 2. The van der Waals surface area contributed by atoms with Crippen molar-refractivity contribution >= 4 is 27.4 Å². The van der Waals surface area contributed by atoms with Crippen LogP contribution in [0.5, 0.6) is 0 Å². The second-order valence-corrected chi connectivity index (χ2v) is 7.19. The summed E-state index contributed by atoms with van der Waals surface area (Å²) in [5.74, 6) is 0.590. The van der Waals surface area contributed by atoms with Crippen LogP contribution < -0.4 is 5.32 Å². The van der Waals surface area contributed by atoms with Gasteiger partial charge in [-0.05, 0) is 61.0 Å². The summed E-state index contributed by atoms with van der Waals surface area (Å²) in [5.41, 5.74) is 2.17. The zero-order chi connectivity index (χ0) is 15.9. The van der Waals surface area contributed by atoms with Crippen LogP contribution in [0.25, 0.3) is 16.9 Å². The minimum atomic E-state index is -0.266. The number of hydrogen-bond donors (Lipinski definition) is 1. The Hall–Kier alpha value is -1.88. The minimum absolute atomic E-state index is 0.139. The maximum Gasteiger partial charge on any atom is 0.139 e. The van der Waals surface area contributed by atoms with E-state index in [-0.39, 0.29) is 11.4 Å². The van der Waals surface area contributed by atoms with Crippen molar-refractivity contribution < 1.29 is 4.39 Å². The van der Waals surface area contributed by atoms with E-state index >= 15 is 0 Å². The molecule has 0 aliphatic heterocycles. The lowest BCUT2D eigenvalue weighted by atomic mass is 10.1. The average molecular weight is 362 g/mol. The SMILES string of the molecule is CC(C)(C)Nc1c(-c2cccc(F)c2)nc2ccc(Br)cn12. The van der Waals surface area contributed by atoms with Gasteiger partial charge < -0.3 is 5.32 Å². The van der Waals surface area contributed by atoms with Crippen molar-refractivity contribution in [3.8, 4) is 11.3 Å². The zero-order valence-corrected chi connectivity index (χ0v) is 14.3. The Labute approximate surface area is 137 Å². The van der Waals surface area contributed by atoms with Gasteiger partial charge in [0.1, 0.15) is 23.0 Å². The predicted molar refractivity (Wildman–Crippen MR) is 91.7 cm³/mol. The van der Waals surface area contributed by atoms with Crippen LogP contribution in [0.1, 0.15) is 20.8 Å². The molecule has 0 fully saturated rings. The molecule has 22 heavy (non-hydrogen) atoms. The van der Waals surface area contributed by atoms with Gasteiger partial charge in [0.05, 0.1) is 0 Å². The van der Waals surface area contributed by atoms with Gasteiger partial charge in [0.2, 0.25) is 0 Å². The van der Waals surface area contributed by atoms with Crippen molar-refractivity contribution in [3.05, 3.63) is 52.9 Å². The summed E-state index contributed by atoms with van der Waals surface area (Å²) in [4.78, 5) is 4.66. The molecule has 3 nitrogen and oxygen atoms in total. The number of benzene rings is 1. The van der Waals surface area contributed by atoms with Gasteiger partial charge in [-0.2, -0.15) is 0 Å². The summed E-state index contributed by atoms with van der Waals surface area (Å²) in [5, 5.41) is 3.48. The Kier molecular flexibility index (Phi) is 3.68. The molecule has 0 atom stereocenters. The maximum atomic E-state index is 13.6. The Bertz CT molecular complexity index is 834. The normalized spacial score (nSPS) is 11.9. The fourth-order valence-electron chi connectivity index (χ4n) is 2.33.